The van der Waals surface area contributed by atoms with Gasteiger partial charge in [-0.05, 0) is 66.5 Å². The highest BCUT2D eigenvalue weighted by atomic mass is 16.5. The number of pyridine rings is 1. The van der Waals surface area contributed by atoms with Crippen molar-refractivity contribution in [1.82, 2.24) is 20.6 Å². The van der Waals surface area contributed by atoms with Gasteiger partial charge >= 0.3 is 0 Å². The number of amides is 2. The zero-order chi connectivity index (χ0) is 25.5. The van der Waals surface area contributed by atoms with Crippen LogP contribution in [0.25, 0.3) is 0 Å². The van der Waals surface area contributed by atoms with Crippen LogP contribution < -0.4 is 16.1 Å². The molecule has 0 unspecified atom stereocenters. The third kappa shape index (κ3) is 6.60. The van der Waals surface area contributed by atoms with E-state index in [1.165, 1.54) is 0 Å². The number of hydrogen-bond donors (Lipinski definition) is 3. The normalized spacial score (nSPS) is 16.1. The molecule has 1 aromatic heterocycles. The smallest absolute Gasteiger partial charge is 0.272 e. The van der Waals surface area contributed by atoms with Gasteiger partial charge in [0.2, 0.25) is 0 Å². The number of nitrogens with one attached hydrogen (secondary N) is 3. The van der Waals surface area contributed by atoms with Gasteiger partial charge in [0.15, 0.2) is 5.96 Å². The minimum Gasteiger partial charge on any atom is -0.381 e. The number of anilines is 1. The maximum Gasteiger partial charge on any atom is 0.272 e. The van der Waals surface area contributed by atoms with Crippen molar-refractivity contribution in [3.63, 3.8) is 0 Å². The molecule has 0 aliphatic carbocycles. The van der Waals surface area contributed by atoms with E-state index < -0.39 is 0 Å². The summed E-state index contributed by atoms with van der Waals surface area (Å²) in [7, 11) is 0. The van der Waals surface area contributed by atoms with E-state index in [0.717, 1.165) is 50.3 Å². The Morgan fingerprint density at radius 1 is 1.11 bits per heavy atom. The summed E-state index contributed by atoms with van der Waals surface area (Å²) >= 11 is 0. The third-order valence-electron chi connectivity index (χ3n) is 6.53. The van der Waals surface area contributed by atoms with Crippen LogP contribution in [0.3, 0.4) is 0 Å². The van der Waals surface area contributed by atoms with Crippen molar-refractivity contribution in [2.45, 2.75) is 45.4 Å². The molecular formula is C27H36N6O3. The van der Waals surface area contributed by atoms with Crippen LogP contribution in [0.2, 0.25) is 0 Å². The third-order valence-corrected chi connectivity index (χ3v) is 6.53. The minimum absolute atomic E-state index is 0.114. The lowest BCUT2D eigenvalue weighted by molar-refractivity contribution is 0.0582. The first-order valence-corrected chi connectivity index (χ1v) is 12.6. The first-order valence-electron chi connectivity index (χ1n) is 12.6. The Kier molecular flexibility index (Phi) is 8.20. The topological polar surface area (TPSA) is 108 Å². The van der Waals surface area contributed by atoms with Crippen LogP contribution in [0, 0.1) is 5.92 Å². The van der Waals surface area contributed by atoms with Crippen LogP contribution in [0.15, 0.2) is 47.7 Å². The SMILES string of the molecule is CC(C)(C)c1cc(C(=O)NC2=NCCN2)ccc1NN(CCC1CCOCC1)C(=O)c1ccncc1. The van der Waals surface area contributed by atoms with Crippen molar-refractivity contribution >= 4 is 23.5 Å². The molecule has 4 rings (SSSR count). The standard InChI is InChI=1S/C27H36N6O3/c1-27(2,3)22-18-21(24(34)31-26-29-13-14-30-26)4-5-23(22)32-33(15-8-19-9-16-36-17-10-19)25(35)20-6-11-28-12-7-20/h4-7,11-12,18-19,32H,8-10,13-17H2,1-3H3,(H2,29,30,31,34). The van der Waals surface area contributed by atoms with Crippen molar-refractivity contribution in [2.24, 2.45) is 10.9 Å². The second-order valence-electron chi connectivity index (χ2n) is 10.3. The molecule has 9 nitrogen and oxygen atoms in total. The number of benzene rings is 1. The Morgan fingerprint density at radius 2 is 1.86 bits per heavy atom. The molecule has 1 aromatic carbocycles. The Balaban J connectivity index is 1.57. The van der Waals surface area contributed by atoms with Gasteiger partial charge in [0, 0.05) is 49.8 Å². The lowest BCUT2D eigenvalue weighted by atomic mass is 9.84. The highest BCUT2D eigenvalue weighted by Gasteiger charge is 2.25. The Hall–Kier alpha value is -3.46. The predicted molar refractivity (Wildman–Crippen MR) is 140 cm³/mol. The quantitative estimate of drug-likeness (QED) is 0.512. The fourth-order valence-corrected chi connectivity index (χ4v) is 4.42. The molecule has 9 heteroatoms. The number of aliphatic imine (C=N–C) groups is 1. The highest BCUT2D eigenvalue weighted by Crippen LogP contribution is 2.31. The first kappa shape index (κ1) is 25.6. The average Bonchev–Trinajstić information content (AvgIpc) is 3.39. The molecule has 192 valence electrons. The van der Waals surface area contributed by atoms with E-state index in [2.05, 4.69) is 46.8 Å². The van der Waals surface area contributed by atoms with Crippen LogP contribution in [0.1, 0.15) is 66.3 Å². The summed E-state index contributed by atoms with van der Waals surface area (Å²) in [6.45, 7) is 9.76. The molecule has 2 amide bonds. The predicted octanol–water partition coefficient (Wildman–Crippen LogP) is 3.35. The lowest BCUT2D eigenvalue weighted by Gasteiger charge is -2.31. The van der Waals surface area contributed by atoms with Gasteiger partial charge in [-0.15, -0.1) is 0 Å². The summed E-state index contributed by atoms with van der Waals surface area (Å²) in [5.41, 5.74) is 5.97. The van der Waals surface area contributed by atoms with Gasteiger partial charge in [0.1, 0.15) is 0 Å². The van der Waals surface area contributed by atoms with Gasteiger partial charge in [-0.25, -0.2) is 0 Å². The maximum atomic E-state index is 13.5. The van der Waals surface area contributed by atoms with Crippen LogP contribution in [-0.2, 0) is 10.2 Å². The highest BCUT2D eigenvalue weighted by molar-refractivity contribution is 6.06. The van der Waals surface area contributed by atoms with Gasteiger partial charge < -0.3 is 10.1 Å². The number of rotatable bonds is 7. The number of carbonyl (C=O) groups is 2. The van der Waals surface area contributed by atoms with E-state index in [1.54, 1.807) is 35.6 Å². The largest absolute Gasteiger partial charge is 0.381 e. The van der Waals surface area contributed by atoms with E-state index in [-0.39, 0.29) is 17.2 Å². The van der Waals surface area contributed by atoms with E-state index in [0.29, 0.717) is 36.1 Å². The van der Waals surface area contributed by atoms with Crippen LogP contribution in [0.5, 0.6) is 0 Å². The van der Waals surface area contributed by atoms with E-state index in [9.17, 15) is 9.59 Å². The number of guanidine groups is 1. The van der Waals surface area contributed by atoms with E-state index >= 15 is 0 Å². The Morgan fingerprint density at radius 3 is 2.53 bits per heavy atom. The number of ether oxygens (including phenoxy) is 1. The summed E-state index contributed by atoms with van der Waals surface area (Å²) in [6.07, 6.45) is 6.15. The fourth-order valence-electron chi connectivity index (χ4n) is 4.42. The average molecular weight is 493 g/mol. The first-order chi connectivity index (χ1) is 17.3. The molecule has 0 bridgehead atoms. The van der Waals surface area contributed by atoms with E-state index in [1.807, 2.05) is 12.1 Å². The van der Waals surface area contributed by atoms with Gasteiger partial charge in [-0.1, -0.05) is 20.8 Å². The van der Waals surface area contributed by atoms with E-state index in [4.69, 9.17) is 4.74 Å². The minimum atomic E-state index is -0.270. The molecule has 2 aliphatic heterocycles. The molecule has 0 atom stereocenters. The maximum absolute atomic E-state index is 13.5. The van der Waals surface area contributed by atoms with Crippen molar-refractivity contribution in [2.75, 3.05) is 38.3 Å². The lowest BCUT2D eigenvalue weighted by Crippen LogP contribution is -2.39. The summed E-state index contributed by atoms with van der Waals surface area (Å²) in [5.74, 6) is 0.691. The summed E-state index contributed by atoms with van der Waals surface area (Å²) in [5, 5.41) is 7.57. The van der Waals surface area contributed by atoms with Crippen molar-refractivity contribution < 1.29 is 14.3 Å². The van der Waals surface area contributed by atoms with Gasteiger partial charge in [-0.2, -0.15) is 0 Å². The van der Waals surface area contributed by atoms with Gasteiger partial charge in [0.25, 0.3) is 11.8 Å². The second-order valence-corrected chi connectivity index (χ2v) is 10.3. The molecule has 1 saturated heterocycles. The summed E-state index contributed by atoms with van der Waals surface area (Å²) in [6, 6.07) is 8.99. The Labute approximate surface area is 212 Å². The molecule has 0 saturated carbocycles. The summed E-state index contributed by atoms with van der Waals surface area (Å²) < 4.78 is 5.50. The second kappa shape index (κ2) is 11.5. The van der Waals surface area contributed by atoms with Crippen LogP contribution in [-0.4, -0.2) is 60.6 Å². The van der Waals surface area contributed by atoms with Crippen molar-refractivity contribution in [3.8, 4) is 0 Å². The fraction of sp³-hybridized carbons (Fsp3) is 0.481. The number of hydrogen-bond acceptors (Lipinski definition) is 7. The number of carbonyl (C=O) groups excluding carboxylic acids is 2. The number of hydrazine groups is 1. The molecule has 3 N–H and O–H groups in total. The molecule has 2 aromatic rings. The molecule has 3 heterocycles. The number of aromatic nitrogens is 1. The Bertz CT molecular complexity index is 1090. The van der Waals surface area contributed by atoms with Gasteiger partial charge in [0.05, 0.1) is 12.2 Å². The van der Waals surface area contributed by atoms with Crippen LogP contribution in [0.4, 0.5) is 5.69 Å². The van der Waals surface area contributed by atoms with Crippen molar-refractivity contribution in [1.29, 1.82) is 0 Å². The molecule has 0 spiro atoms. The van der Waals surface area contributed by atoms with Crippen molar-refractivity contribution in [3.05, 3.63) is 59.4 Å². The molecule has 1 fully saturated rings. The van der Waals surface area contributed by atoms with Crippen LogP contribution >= 0.6 is 0 Å². The zero-order valence-electron chi connectivity index (χ0n) is 21.3. The molecule has 0 radical (unpaired) electrons. The summed E-state index contributed by atoms with van der Waals surface area (Å²) in [4.78, 5) is 34.6. The van der Waals surface area contributed by atoms with Gasteiger partial charge in [-0.3, -0.25) is 35.3 Å². The zero-order valence-corrected chi connectivity index (χ0v) is 21.3. The monoisotopic (exact) mass is 492 g/mol. The molecule has 2 aliphatic rings. The molecule has 36 heavy (non-hydrogen) atoms. The molecular weight excluding hydrogens is 456 g/mol. The number of nitrogens with zero attached hydrogens (tertiary/aromatic N) is 3.